The molecule has 0 saturated heterocycles. The zero-order chi connectivity index (χ0) is 28.8. The van der Waals surface area contributed by atoms with Crippen LogP contribution in [-0.2, 0) is 26.0 Å². The molecule has 0 aromatic heterocycles. The summed E-state index contributed by atoms with van der Waals surface area (Å²) in [6, 6.07) is 22.5. The lowest BCUT2D eigenvalue weighted by molar-refractivity contribution is -0.139. The number of benzene rings is 3. The summed E-state index contributed by atoms with van der Waals surface area (Å²) in [7, 11) is -4.08. The first-order chi connectivity index (χ1) is 18.3. The Balaban J connectivity index is 2.01. The molecule has 0 fully saturated rings. The van der Waals surface area contributed by atoms with Crippen molar-refractivity contribution in [2.45, 2.75) is 64.4 Å². The molecule has 3 aromatic rings. The molecule has 1 atom stereocenters. The zero-order valence-electron chi connectivity index (χ0n) is 23.6. The predicted octanol–water partition coefficient (Wildman–Crippen LogP) is 4.87. The summed E-state index contributed by atoms with van der Waals surface area (Å²) in [4.78, 5) is 28.7. The number of amides is 2. The van der Waals surface area contributed by atoms with Crippen molar-refractivity contribution >= 4 is 27.5 Å². The molecule has 0 aliphatic carbocycles. The van der Waals surface area contributed by atoms with Gasteiger partial charge in [-0.25, -0.2) is 8.42 Å². The Kier molecular flexibility index (Phi) is 9.56. The van der Waals surface area contributed by atoms with Crippen LogP contribution in [0.15, 0.2) is 83.8 Å². The number of nitrogens with one attached hydrogen (secondary N) is 1. The highest BCUT2D eigenvalue weighted by Gasteiger charge is 2.33. The van der Waals surface area contributed by atoms with Crippen LogP contribution in [0, 0.1) is 13.8 Å². The Morgan fingerprint density at radius 2 is 1.49 bits per heavy atom. The highest BCUT2D eigenvalue weighted by molar-refractivity contribution is 7.92. The fourth-order valence-corrected chi connectivity index (χ4v) is 5.76. The van der Waals surface area contributed by atoms with Crippen molar-refractivity contribution < 1.29 is 18.0 Å². The first kappa shape index (κ1) is 29.9. The lowest BCUT2D eigenvalue weighted by Gasteiger charge is -2.34. The second-order valence-electron chi connectivity index (χ2n) is 10.9. The van der Waals surface area contributed by atoms with Gasteiger partial charge in [0.15, 0.2) is 0 Å². The van der Waals surface area contributed by atoms with Crippen molar-refractivity contribution in [3.8, 4) is 0 Å². The summed E-state index contributed by atoms with van der Waals surface area (Å²) in [5.74, 6) is -0.754. The van der Waals surface area contributed by atoms with Crippen molar-refractivity contribution in [3.63, 3.8) is 0 Å². The monoisotopic (exact) mass is 549 g/mol. The van der Waals surface area contributed by atoms with Crippen molar-refractivity contribution in [2.24, 2.45) is 0 Å². The van der Waals surface area contributed by atoms with E-state index in [-0.39, 0.29) is 17.3 Å². The molecular formula is C31H39N3O4S. The molecule has 0 aliphatic rings. The van der Waals surface area contributed by atoms with Gasteiger partial charge in [-0.2, -0.15) is 0 Å². The highest BCUT2D eigenvalue weighted by atomic mass is 32.2. The lowest BCUT2D eigenvalue weighted by atomic mass is 10.1. The highest BCUT2D eigenvalue weighted by Crippen LogP contribution is 2.28. The molecule has 0 bridgehead atoms. The number of nitrogens with zero attached hydrogens (tertiary/aromatic N) is 2. The van der Waals surface area contributed by atoms with Crippen molar-refractivity contribution in [1.82, 2.24) is 10.2 Å². The molecule has 0 unspecified atom stereocenters. The van der Waals surface area contributed by atoms with Crippen LogP contribution in [0.2, 0.25) is 0 Å². The van der Waals surface area contributed by atoms with E-state index in [9.17, 15) is 18.0 Å². The summed E-state index contributed by atoms with van der Waals surface area (Å²) in [6.45, 7) is 10.8. The van der Waals surface area contributed by atoms with E-state index in [0.29, 0.717) is 12.1 Å². The molecular weight excluding hydrogens is 510 g/mol. The summed E-state index contributed by atoms with van der Waals surface area (Å²) >= 11 is 0. The maximum Gasteiger partial charge on any atom is 0.264 e. The summed E-state index contributed by atoms with van der Waals surface area (Å²) in [5, 5.41) is 2.95. The van der Waals surface area contributed by atoms with E-state index in [0.717, 1.165) is 21.0 Å². The molecule has 0 heterocycles. The number of aryl methyl sites for hydroxylation is 2. The summed E-state index contributed by atoms with van der Waals surface area (Å²) in [5.41, 5.74) is 2.56. The number of hydrogen-bond donors (Lipinski definition) is 1. The predicted molar refractivity (Wildman–Crippen MR) is 156 cm³/mol. The van der Waals surface area contributed by atoms with Crippen molar-refractivity contribution in [2.75, 3.05) is 17.4 Å². The van der Waals surface area contributed by atoms with E-state index in [1.807, 2.05) is 77.1 Å². The third kappa shape index (κ3) is 7.93. The molecule has 208 valence electrons. The van der Waals surface area contributed by atoms with Gasteiger partial charge in [0.1, 0.15) is 12.6 Å². The Hall–Kier alpha value is -3.65. The van der Waals surface area contributed by atoms with Crippen LogP contribution in [0.5, 0.6) is 0 Å². The standard InChI is InChI=1S/C31H39N3O4S/c1-23-17-18-24(2)28(21-23)34(39(37,38)27-15-11-8-12-16-27)22-29(35)33(20-19-26-13-9-7-10-14-26)25(3)30(36)32-31(4,5)6/h7-18,21,25H,19-20,22H2,1-6H3,(H,32,36)/t25-/m1/s1. The fourth-order valence-electron chi connectivity index (χ4n) is 4.27. The van der Waals surface area contributed by atoms with Gasteiger partial charge in [0.25, 0.3) is 10.0 Å². The number of anilines is 1. The average molecular weight is 550 g/mol. The van der Waals surface area contributed by atoms with Gasteiger partial charge < -0.3 is 10.2 Å². The number of sulfonamides is 1. The molecule has 39 heavy (non-hydrogen) atoms. The molecule has 2 amide bonds. The molecule has 1 N–H and O–H groups in total. The second kappa shape index (κ2) is 12.5. The molecule has 0 saturated carbocycles. The van der Waals surface area contributed by atoms with Crippen LogP contribution in [-0.4, -0.2) is 49.8 Å². The number of carbonyl (C=O) groups excluding carboxylic acids is 2. The van der Waals surface area contributed by atoms with Gasteiger partial charge in [-0.15, -0.1) is 0 Å². The minimum atomic E-state index is -4.08. The van der Waals surface area contributed by atoms with Gasteiger partial charge in [0.2, 0.25) is 11.8 Å². The SMILES string of the molecule is Cc1ccc(C)c(N(CC(=O)N(CCc2ccccc2)[C@H](C)C(=O)NC(C)(C)C)S(=O)(=O)c2ccccc2)c1. The van der Waals surface area contributed by atoms with Crippen molar-refractivity contribution in [1.29, 1.82) is 0 Å². The second-order valence-corrected chi connectivity index (χ2v) is 12.7. The quantitative estimate of drug-likeness (QED) is 0.391. The van der Waals surface area contributed by atoms with Gasteiger partial charge in [-0.3, -0.25) is 13.9 Å². The molecule has 3 aromatic carbocycles. The number of rotatable bonds is 10. The first-order valence-corrected chi connectivity index (χ1v) is 14.5. The molecule has 3 rings (SSSR count). The van der Waals surface area contributed by atoms with E-state index < -0.39 is 34.1 Å². The van der Waals surface area contributed by atoms with Crippen LogP contribution < -0.4 is 9.62 Å². The topological polar surface area (TPSA) is 86.8 Å². The minimum absolute atomic E-state index is 0.0908. The lowest BCUT2D eigenvalue weighted by Crippen LogP contribution is -2.55. The maximum absolute atomic E-state index is 14.0. The van der Waals surface area contributed by atoms with Crippen LogP contribution in [0.4, 0.5) is 5.69 Å². The van der Waals surface area contributed by atoms with Gasteiger partial charge >= 0.3 is 0 Å². The smallest absolute Gasteiger partial charge is 0.264 e. The normalized spacial score (nSPS) is 12.5. The summed E-state index contributed by atoms with van der Waals surface area (Å²) in [6.07, 6.45) is 0.522. The van der Waals surface area contributed by atoms with Crippen LogP contribution >= 0.6 is 0 Å². The third-order valence-electron chi connectivity index (χ3n) is 6.39. The Morgan fingerprint density at radius 1 is 0.897 bits per heavy atom. The summed E-state index contributed by atoms with van der Waals surface area (Å²) < 4.78 is 29.0. The van der Waals surface area contributed by atoms with Crippen LogP contribution in [0.1, 0.15) is 44.4 Å². The molecule has 7 nitrogen and oxygen atoms in total. The molecule has 0 aliphatic heterocycles. The van der Waals surface area contributed by atoms with Crippen molar-refractivity contribution in [3.05, 3.63) is 95.6 Å². The minimum Gasteiger partial charge on any atom is -0.350 e. The largest absolute Gasteiger partial charge is 0.350 e. The fraction of sp³-hybridized carbons (Fsp3) is 0.355. The molecule has 8 heteroatoms. The van der Waals surface area contributed by atoms with E-state index in [4.69, 9.17) is 0 Å². The van der Waals surface area contributed by atoms with Gasteiger partial charge in [-0.05, 0) is 82.9 Å². The molecule has 0 radical (unpaired) electrons. The average Bonchev–Trinajstić information content (AvgIpc) is 2.89. The van der Waals surface area contributed by atoms with E-state index in [1.54, 1.807) is 31.2 Å². The van der Waals surface area contributed by atoms with Gasteiger partial charge in [-0.1, -0.05) is 60.7 Å². The van der Waals surface area contributed by atoms with Gasteiger partial charge in [0, 0.05) is 12.1 Å². The maximum atomic E-state index is 14.0. The molecule has 0 spiro atoms. The Bertz CT molecular complexity index is 1380. The Labute approximate surface area is 232 Å². The Morgan fingerprint density at radius 3 is 2.08 bits per heavy atom. The third-order valence-corrected chi connectivity index (χ3v) is 8.17. The van der Waals surface area contributed by atoms with E-state index >= 15 is 0 Å². The van der Waals surface area contributed by atoms with Gasteiger partial charge in [0.05, 0.1) is 10.6 Å². The van der Waals surface area contributed by atoms with Crippen LogP contribution in [0.3, 0.4) is 0 Å². The zero-order valence-corrected chi connectivity index (χ0v) is 24.5. The number of carbonyl (C=O) groups is 2. The van der Waals surface area contributed by atoms with E-state index in [1.165, 1.54) is 17.0 Å². The van der Waals surface area contributed by atoms with E-state index in [2.05, 4.69) is 5.32 Å². The van der Waals surface area contributed by atoms with Crippen LogP contribution in [0.25, 0.3) is 0 Å². The number of hydrogen-bond acceptors (Lipinski definition) is 4. The first-order valence-electron chi connectivity index (χ1n) is 13.1.